The Morgan fingerprint density at radius 2 is 2.15 bits per heavy atom. The number of amides is 1. The van der Waals surface area contributed by atoms with Crippen molar-refractivity contribution in [3.63, 3.8) is 0 Å². The van der Waals surface area contributed by atoms with Gasteiger partial charge in [-0.2, -0.15) is 13.2 Å². The molecule has 26 heavy (non-hydrogen) atoms. The molecule has 3 heterocycles. The number of methoxy groups -OCH3 is 1. The molecule has 0 aliphatic carbocycles. The van der Waals surface area contributed by atoms with Crippen molar-refractivity contribution in [3.05, 3.63) is 40.9 Å². The smallest absolute Gasteiger partial charge is 0.417 e. The highest BCUT2D eigenvalue weighted by molar-refractivity contribution is 7.14. The first kappa shape index (κ1) is 18.2. The third-order valence-corrected chi connectivity index (χ3v) is 4.85. The number of halogens is 3. The van der Waals surface area contributed by atoms with Crippen LogP contribution in [0.1, 0.15) is 22.3 Å². The van der Waals surface area contributed by atoms with E-state index in [1.807, 2.05) is 0 Å². The molecule has 0 bridgehead atoms. The molecule has 1 N–H and O–H groups in total. The number of esters is 1. The van der Waals surface area contributed by atoms with Crippen LogP contribution in [0.25, 0.3) is 0 Å². The average Bonchev–Trinajstić information content (AvgIpc) is 3.21. The Hall–Kier alpha value is -2.62. The summed E-state index contributed by atoms with van der Waals surface area (Å²) in [6.07, 6.45) is -3.32. The van der Waals surface area contributed by atoms with E-state index >= 15 is 0 Å². The Morgan fingerprint density at radius 3 is 2.77 bits per heavy atom. The summed E-state index contributed by atoms with van der Waals surface area (Å²) in [4.78, 5) is 29.6. The van der Waals surface area contributed by atoms with Crippen LogP contribution in [0.3, 0.4) is 0 Å². The first-order chi connectivity index (χ1) is 12.3. The molecule has 2 aromatic rings. The van der Waals surface area contributed by atoms with Gasteiger partial charge in [-0.05, 0) is 30.0 Å². The molecule has 6 nitrogen and oxygen atoms in total. The lowest BCUT2D eigenvalue weighted by atomic mass is 10.2. The standard InChI is InChI=1S/C16H14F3N3O3S/c1-25-15(24)10-5-7-26-14(10)22-6-4-11(13(22)23)21-12-3-2-9(8-20-12)16(17,18)19/h2-3,5,7-8,11H,4,6H2,1H3,(H,20,21). The van der Waals surface area contributed by atoms with Crippen LogP contribution in [0.2, 0.25) is 0 Å². The van der Waals surface area contributed by atoms with Crippen molar-refractivity contribution in [1.82, 2.24) is 4.98 Å². The fraction of sp³-hybridized carbons (Fsp3) is 0.312. The minimum absolute atomic E-state index is 0.178. The molecule has 1 aliphatic heterocycles. The van der Waals surface area contributed by atoms with Crippen LogP contribution < -0.4 is 10.2 Å². The van der Waals surface area contributed by atoms with Crippen LogP contribution in [-0.2, 0) is 15.7 Å². The highest BCUT2D eigenvalue weighted by Gasteiger charge is 2.36. The molecule has 3 rings (SSSR count). The van der Waals surface area contributed by atoms with E-state index in [0.717, 1.165) is 6.07 Å². The Morgan fingerprint density at radius 1 is 1.38 bits per heavy atom. The average molecular weight is 385 g/mol. The van der Waals surface area contributed by atoms with Gasteiger partial charge < -0.3 is 15.0 Å². The van der Waals surface area contributed by atoms with Crippen molar-refractivity contribution in [1.29, 1.82) is 0 Å². The van der Waals surface area contributed by atoms with Gasteiger partial charge in [0.2, 0.25) is 5.91 Å². The summed E-state index contributed by atoms with van der Waals surface area (Å²) < 4.78 is 42.4. The molecule has 0 aromatic carbocycles. The minimum Gasteiger partial charge on any atom is -0.465 e. The number of alkyl halides is 3. The largest absolute Gasteiger partial charge is 0.465 e. The fourth-order valence-corrected chi connectivity index (χ4v) is 3.54. The number of thiophene rings is 1. The maximum absolute atomic E-state index is 12.6. The molecular formula is C16H14F3N3O3S. The quantitative estimate of drug-likeness (QED) is 0.819. The van der Waals surface area contributed by atoms with Crippen LogP contribution in [0.5, 0.6) is 0 Å². The summed E-state index contributed by atoms with van der Waals surface area (Å²) >= 11 is 1.24. The SMILES string of the molecule is COC(=O)c1ccsc1N1CCC(Nc2ccc(C(F)(F)F)cn2)C1=O. The zero-order valence-corrected chi connectivity index (χ0v) is 14.4. The van der Waals surface area contributed by atoms with Gasteiger partial charge in [-0.3, -0.25) is 4.79 Å². The second-order valence-corrected chi connectivity index (χ2v) is 6.43. The summed E-state index contributed by atoms with van der Waals surface area (Å²) in [5.74, 6) is -0.633. The van der Waals surface area contributed by atoms with Crippen molar-refractivity contribution in [3.8, 4) is 0 Å². The van der Waals surface area contributed by atoms with Gasteiger partial charge in [0.1, 0.15) is 16.9 Å². The van der Waals surface area contributed by atoms with Crippen molar-refractivity contribution < 1.29 is 27.5 Å². The van der Waals surface area contributed by atoms with Gasteiger partial charge in [-0.25, -0.2) is 9.78 Å². The van der Waals surface area contributed by atoms with E-state index in [4.69, 9.17) is 4.74 Å². The third kappa shape index (κ3) is 3.50. The number of hydrogen-bond donors (Lipinski definition) is 1. The summed E-state index contributed by atoms with van der Waals surface area (Å²) in [6, 6.07) is 3.04. The summed E-state index contributed by atoms with van der Waals surface area (Å²) in [6.45, 7) is 0.377. The molecule has 0 radical (unpaired) electrons. The maximum atomic E-state index is 12.6. The lowest BCUT2D eigenvalue weighted by molar-refractivity contribution is -0.137. The lowest BCUT2D eigenvalue weighted by Crippen LogP contribution is -2.34. The van der Waals surface area contributed by atoms with Gasteiger partial charge in [0.15, 0.2) is 0 Å². The van der Waals surface area contributed by atoms with Gasteiger partial charge in [0, 0.05) is 12.7 Å². The van der Waals surface area contributed by atoms with Crippen molar-refractivity contribution >= 4 is 34.0 Å². The Balaban J connectivity index is 1.72. The maximum Gasteiger partial charge on any atom is 0.417 e. The number of pyridine rings is 1. The zero-order valence-electron chi connectivity index (χ0n) is 13.5. The predicted molar refractivity (Wildman–Crippen MR) is 89.3 cm³/mol. The predicted octanol–water partition coefficient (Wildman–Crippen LogP) is 3.17. The molecule has 0 saturated carbocycles. The molecule has 1 saturated heterocycles. The highest BCUT2D eigenvalue weighted by Crippen LogP contribution is 2.33. The summed E-state index contributed by atoms with van der Waals surface area (Å²) in [5, 5.41) is 5.02. The second kappa shape index (κ2) is 6.94. The van der Waals surface area contributed by atoms with Crippen LogP contribution >= 0.6 is 11.3 Å². The van der Waals surface area contributed by atoms with Gasteiger partial charge in [-0.1, -0.05) is 0 Å². The first-order valence-electron chi connectivity index (χ1n) is 7.58. The van der Waals surface area contributed by atoms with Crippen LogP contribution in [0.4, 0.5) is 24.0 Å². The molecular weight excluding hydrogens is 371 g/mol. The van der Waals surface area contributed by atoms with E-state index < -0.39 is 23.8 Å². The van der Waals surface area contributed by atoms with E-state index in [2.05, 4.69) is 10.3 Å². The highest BCUT2D eigenvalue weighted by atomic mass is 32.1. The Kier molecular flexibility index (Phi) is 4.86. The van der Waals surface area contributed by atoms with E-state index in [9.17, 15) is 22.8 Å². The van der Waals surface area contributed by atoms with Crippen LogP contribution in [-0.4, -0.2) is 36.6 Å². The van der Waals surface area contributed by atoms with Crippen molar-refractivity contribution in [2.24, 2.45) is 0 Å². The number of carbonyl (C=O) groups is 2. The molecule has 2 aromatic heterocycles. The number of rotatable bonds is 4. The fourth-order valence-electron chi connectivity index (χ4n) is 2.62. The summed E-state index contributed by atoms with van der Waals surface area (Å²) in [7, 11) is 1.26. The topological polar surface area (TPSA) is 71.5 Å². The first-order valence-corrected chi connectivity index (χ1v) is 8.46. The number of anilines is 2. The molecule has 1 atom stereocenters. The number of nitrogens with zero attached hydrogens (tertiary/aromatic N) is 2. The number of ether oxygens (including phenoxy) is 1. The van der Waals surface area contributed by atoms with Crippen molar-refractivity contribution in [2.45, 2.75) is 18.6 Å². The number of aromatic nitrogens is 1. The lowest BCUT2D eigenvalue weighted by Gasteiger charge is -2.17. The molecule has 1 aliphatic rings. The van der Waals surface area contributed by atoms with Crippen LogP contribution in [0, 0.1) is 0 Å². The van der Waals surface area contributed by atoms with E-state index in [0.29, 0.717) is 29.7 Å². The van der Waals surface area contributed by atoms with E-state index in [1.165, 1.54) is 29.4 Å². The molecule has 138 valence electrons. The molecule has 1 fully saturated rings. The molecule has 1 amide bonds. The number of nitrogens with one attached hydrogen (secondary N) is 1. The molecule has 10 heteroatoms. The normalized spacial score (nSPS) is 17.5. The van der Waals surface area contributed by atoms with E-state index in [-0.39, 0.29) is 11.7 Å². The third-order valence-electron chi connectivity index (χ3n) is 3.91. The zero-order chi connectivity index (χ0) is 18.9. The van der Waals surface area contributed by atoms with Gasteiger partial charge >= 0.3 is 12.1 Å². The monoisotopic (exact) mass is 385 g/mol. The minimum atomic E-state index is -4.46. The number of hydrogen-bond acceptors (Lipinski definition) is 6. The van der Waals surface area contributed by atoms with Crippen molar-refractivity contribution in [2.75, 3.05) is 23.9 Å². The Bertz CT molecular complexity index is 820. The van der Waals surface area contributed by atoms with Gasteiger partial charge in [0.25, 0.3) is 0 Å². The van der Waals surface area contributed by atoms with Gasteiger partial charge in [0.05, 0.1) is 18.2 Å². The summed E-state index contributed by atoms with van der Waals surface area (Å²) in [5.41, 5.74) is -0.553. The molecule has 1 unspecified atom stereocenters. The van der Waals surface area contributed by atoms with Gasteiger partial charge in [-0.15, -0.1) is 11.3 Å². The number of carbonyl (C=O) groups excluding carboxylic acids is 2. The molecule has 0 spiro atoms. The Labute approximate surface area is 150 Å². The second-order valence-electron chi connectivity index (χ2n) is 5.54. The van der Waals surface area contributed by atoms with Crippen LogP contribution in [0.15, 0.2) is 29.8 Å². The van der Waals surface area contributed by atoms with E-state index in [1.54, 1.807) is 11.4 Å².